The van der Waals surface area contributed by atoms with E-state index in [0.29, 0.717) is 13.1 Å². The van der Waals surface area contributed by atoms with Crippen molar-refractivity contribution in [1.82, 2.24) is 4.90 Å². The van der Waals surface area contributed by atoms with Gasteiger partial charge in [0.2, 0.25) is 5.91 Å². The Bertz CT molecular complexity index is 1210. The standard InChI is InChI=1S/C25H25NO6S/c1-18-3-13-23(14-4-18)33(28,29)32-22-11-7-20(8-12-22)24-16-26(25(27)17-31-24)15-19-5-9-21(30-2)10-6-19/h3-14,24H,15-17H2,1-2H3. The Morgan fingerprint density at radius 2 is 1.58 bits per heavy atom. The minimum atomic E-state index is -3.92. The first-order chi connectivity index (χ1) is 15.8. The fourth-order valence-corrected chi connectivity index (χ4v) is 4.47. The van der Waals surface area contributed by atoms with E-state index >= 15 is 0 Å². The Hall–Kier alpha value is -3.36. The molecule has 8 heteroatoms. The molecule has 1 atom stereocenters. The lowest BCUT2D eigenvalue weighted by molar-refractivity contribution is -0.150. The predicted octanol–water partition coefficient (Wildman–Crippen LogP) is 3.87. The van der Waals surface area contributed by atoms with Crippen molar-refractivity contribution in [1.29, 1.82) is 0 Å². The summed E-state index contributed by atoms with van der Waals surface area (Å²) in [6.07, 6.45) is -0.316. The number of aryl methyl sites for hydroxylation is 1. The van der Waals surface area contributed by atoms with E-state index in [0.717, 1.165) is 22.4 Å². The van der Waals surface area contributed by atoms with Crippen molar-refractivity contribution >= 4 is 16.0 Å². The largest absolute Gasteiger partial charge is 0.497 e. The molecule has 172 valence electrons. The molecule has 1 saturated heterocycles. The SMILES string of the molecule is COc1ccc(CN2CC(c3ccc(OS(=O)(=O)c4ccc(C)cc4)cc3)OCC2=O)cc1. The average molecular weight is 468 g/mol. The summed E-state index contributed by atoms with van der Waals surface area (Å²) in [5.74, 6) is 0.893. The molecule has 0 bridgehead atoms. The van der Waals surface area contributed by atoms with E-state index in [2.05, 4.69) is 0 Å². The molecule has 0 aromatic heterocycles. The van der Waals surface area contributed by atoms with E-state index < -0.39 is 10.1 Å². The van der Waals surface area contributed by atoms with E-state index in [9.17, 15) is 13.2 Å². The molecule has 0 spiro atoms. The predicted molar refractivity (Wildman–Crippen MR) is 123 cm³/mol. The molecule has 0 N–H and O–H groups in total. The van der Waals surface area contributed by atoms with Gasteiger partial charge in [0.25, 0.3) is 0 Å². The van der Waals surface area contributed by atoms with Crippen LogP contribution in [0, 0.1) is 6.92 Å². The number of ether oxygens (including phenoxy) is 2. The molecular weight excluding hydrogens is 442 g/mol. The van der Waals surface area contributed by atoms with Crippen LogP contribution in [-0.2, 0) is 26.2 Å². The number of nitrogens with zero attached hydrogens (tertiary/aromatic N) is 1. The van der Waals surface area contributed by atoms with Crippen LogP contribution in [0.5, 0.6) is 11.5 Å². The third kappa shape index (κ3) is 5.53. The van der Waals surface area contributed by atoms with Crippen LogP contribution in [0.25, 0.3) is 0 Å². The Morgan fingerprint density at radius 1 is 0.939 bits per heavy atom. The zero-order chi connectivity index (χ0) is 23.4. The molecule has 0 radical (unpaired) electrons. The molecule has 4 rings (SSSR count). The first-order valence-electron chi connectivity index (χ1n) is 10.5. The summed E-state index contributed by atoms with van der Waals surface area (Å²) in [5.41, 5.74) is 2.79. The van der Waals surface area contributed by atoms with E-state index in [1.807, 2.05) is 31.2 Å². The second kappa shape index (κ2) is 9.64. The summed E-state index contributed by atoms with van der Waals surface area (Å²) in [7, 11) is -2.31. The highest BCUT2D eigenvalue weighted by atomic mass is 32.2. The molecule has 1 unspecified atom stereocenters. The normalized spacial score (nSPS) is 16.5. The molecular formula is C25H25NO6S. The molecule has 7 nitrogen and oxygen atoms in total. The molecule has 1 amide bonds. The summed E-state index contributed by atoms with van der Waals surface area (Å²) in [6, 6.07) is 20.8. The van der Waals surface area contributed by atoms with Gasteiger partial charge < -0.3 is 18.6 Å². The van der Waals surface area contributed by atoms with Crippen molar-refractivity contribution in [3.63, 3.8) is 0 Å². The molecule has 1 fully saturated rings. The Kier molecular flexibility index (Phi) is 6.67. The molecule has 1 aliphatic heterocycles. The lowest BCUT2D eigenvalue weighted by Gasteiger charge is -2.33. The zero-order valence-electron chi connectivity index (χ0n) is 18.4. The van der Waals surface area contributed by atoms with Gasteiger partial charge in [-0.25, -0.2) is 0 Å². The van der Waals surface area contributed by atoms with Crippen LogP contribution < -0.4 is 8.92 Å². The number of carbonyl (C=O) groups is 1. The molecule has 3 aromatic rings. The van der Waals surface area contributed by atoms with Gasteiger partial charge in [-0.1, -0.05) is 42.0 Å². The van der Waals surface area contributed by atoms with Gasteiger partial charge in [0.1, 0.15) is 29.1 Å². The van der Waals surface area contributed by atoms with Gasteiger partial charge in [0, 0.05) is 6.54 Å². The zero-order valence-corrected chi connectivity index (χ0v) is 19.2. The molecule has 33 heavy (non-hydrogen) atoms. The number of hydrogen-bond donors (Lipinski definition) is 0. The van der Waals surface area contributed by atoms with Gasteiger partial charge in [0.05, 0.1) is 13.7 Å². The van der Waals surface area contributed by atoms with Crippen molar-refractivity contribution in [2.75, 3.05) is 20.3 Å². The smallest absolute Gasteiger partial charge is 0.339 e. The minimum absolute atomic E-state index is 0.0130. The quantitative estimate of drug-likeness (QED) is 0.491. The first kappa shape index (κ1) is 22.8. The van der Waals surface area contributed by atoms with Gasteiger partial charge in [-0.2, -0.15) is 8.42 Å². The van der Waals surface area contributed by atoms with Gasteiger partial charge >= 0.3 is 10.1 Å². The summed E-state index contributed by atoms with van der Waals surface area (Å²) < 4.78 is 41.2. The third-order valence-corrected chi connectivity index (χ3v) is 6.71. The lowest BCUT2D eigenvalue weighted by Crippen LogP contribution is -2.42. The Morgan fingerprint density at radius 3 is 2.21 bits per heavy atom. The second-order valence-corrected chi connectivity index (χ2v) is 9.39. The van der Waals surface area contributed by atoms with Gasteiger partial charge in [-0.15, -0.1) is 0 Å². The number of benzene rings is 3. The van der Waals surface area contributed by atoms with Crippen LogP contribution in [0.4, 0.5) is 0 Å². The number of methoxy groups -OCH3 is 1. The maximum Gasteiger partial charge on any atom is 0.339 e. The van der Waals surface area contributed by atoms with Crippen molar-refractivity contribution in [3.05, 3.63) is 89.5 Å². The van der Waals surface area contributed by atoms with Crippen LogP contribution in [0.3, 0.4) is 0 Å². The van der Waals surface area contributed by atoms with Gasteiger partial charge in [-0.05, 0) is 54.4 Å². The summed E-state index contributed by atoms with van der Waals surface area (Å²) >= 11 is 0. The Labute approximate surface area is 193 Å². The van der Waals surface area contributed by atoms with E-state index in [1.165, 1.54) is 12.1 Å². The Balaban J connectivity index is 1.42. The minimum Gasteiger partial charge on any atom is -0.497 e. The van der Waals surface area contributed by atoms with Crippen molar-refractivity contribution < 1.29 is 26.9 Å². The topological polar surface area (TPSA) is 82.1 Å². The summed E-state index contributed by atoms with van der Waals surface area (Å²) in [5, 5.41) is 0. The average Bonchev–Trinajstić information content (AvgIpc) is 2.81. The summed E-state index contributed by atoms with van der Waals surface area (Å²) in [4.78, 5) is 14.2. The molecule has 3 aromatic carbocycles. The molecule has 1 heterocycles. The van der Waals surface area contributed by atoms with Crippen LogP contribution in [0.1, 0.15) is 22.8 Å². The number of amides is 1. The number of morpholine rings is 1. The van der Waals surface area contributed by atoms with Crippen LogP contribution in [0.15, 0.2) is 77.7 Å². The van der Waals surface area contributed by atoms with E-state index in [4.69, 9.17) is 13.7 Å². The van der Waals surface area contributed by atoms with Crippen LogP contribution in [0.2, 0.25) is 0 Å². The van der Waals surface area contributed by atoms with Crippen molar-refractivity contribution in [3.8, 4) is 11.5 Å². The van der Waals surface area contributed by atoms with Crippen molar-refractivity contribution in [2.45, 2.75) is 24.5 Å². The third-order valence-electron chi connectivity index (χ3n) is 5.45. The number of carbonyl (C=O) groups excluding carboxylic acids is 1. The maximum absolute atomic E-state index is 12.5. The molecule has 0 aliphatic carbocycles. The fraction of sp³-hybridized carbons (Fsp3) is 0.240. The highest BCUT2D eigenvalue weighted by Gasteiger charge is 2.27. The lowest BCUT2D eigenvalue weighted by atomic mass is 10.1. The maximum atomic E-state index is 12.5. The van der Waals surface area contributed by atoms with Crippen LogP contribution >= 0.6 is 0 Å². The highest BCUT2D eigenvalue weighted by molar-refractivity contribution is 7.87. The summed E-state index contributed by atoms with van der Waals surface area (Å²) in [6.45, 7) is 2.74. The van der Waals surface area contributed by atoms with Gasteiger partial charge in [0.15, 0.2) is 0 Å². The van der Waals surface area contributed by atoms with Gasteiger partial charge in [-0.3, -0.25) is 4.79 Å². The molecule has 1 aliphatic rings. The van der Waals surface area contributed by atoms with E-state index in [1.54, 1.807) is 48.4 Å². The second-order valence-electron chi connectivity index (χ2n) is 7.84. The first-order valence-corrected chi connectivity index (χ1v) is 11.9. The van der Waals surface area contributed by atoms with E-state index in [-0.39, 0.29) is 29.3 Å². The molecule has 0 saturated carbocycles. The highest BCUT2D eigenvalue weighted by Crippen LogP contribution is 2.27. The van der Waals surface area contributed by atoms with Crippen LogP contribution in [-0.4, -0.2) is 39.5 Å². The monoisotopic (exact) mass is 467 g/mol. The number of hydrogen-bond acceptors (Lipinski definition) is 6. The number of rotatable bonds is 7. The van der Waals surface area contributed by atoms with Crippen molar-refractivity contribution in [2.24, 2.45) is 0 Å². The fourth-order valence-electron chi connectivity index (χ4n) is 3.54.